The number of aliphatic imine (C=N–C) groups is 1. The van der Waals surface area contributed by atoms with Crippen LogP contribution in [0.1, 0.15) is 47.5 Å². The number of nitrogens with zero attached hydrogens (tertiary/aromatic N) is 1. The molecule has 80 valence electrons. The second-order valence-corrected chi connectivity index (χ2v) is 5.07. The minimum atomic E-state index is -0.109. The summed E-state index contributed by atoms with van der Waals surface area (Å²) in [6.45, 7) is 10.9. The summed E-state index contributed by atoms with van der Waals surface area (Å²) >= 11 is 0. The highest BCUT2D eigenvalue weighted by Gasteiger charge is 2.37. The maximum absolute atomic E-state index is 6.22. The van der Waals surface area contributed by atoms with Crippen LogP contribution in [-0.2, 0) is 0 Å². The third-order valence-corrected chi connectivity index (χ3v) is 3.21. The largest absolute Gasteiger partial charge is 0.400 e. The summed E-state index contributed by atoms with van der Waals surface area (Å²) < 4.78 is 0. The minimum absolute atomic E-state index is 0.109. The van der Waals surface area contributed by atoms with Gasteiger partial charge in [0, 0.05) is 11.9 Å². The molecule has 0 radical (unpaired) electrons. The lowest BCUT2D eigenvalue weighted by molar-refractivity contribution is 0.456. The molecule has 0 aromatic rings. The molecule has 0 aliphatic carbocycles. The molecule has 0 amide bonds. The lowest BCUT2D eigenvalue weighted by Crippen LogP contribution is -2.31. The number of allylic oxidation sites excluding steroid dienone is 1. The van der Waals surface area contributed by atoms with E-state index < -0.39 is 0 Å². The van der Waals surface area contributed by atoms with Crippen molar-refractivity contribution in [3.05, 3.63) is 11.3 Å². The normalized spacial score (nSPS) is 20.6. The third-order valence-electron chi connectivity index (χ3n) is 3.21. The Hall–Kier alpha value is -0.790. The number of hydrogen-bond donors (Lipinski definition) is 1. The molecule has 1 rings (SSSR count). The van der Waals surface area contributed by atoms with Gasteiger partial charge >= 0.3 is 0 Å². The van der Waals surface area contributed by atoms with Gasteiger partial charge in [-0.2, -0.15) is 0 Å². The van der Waals surface area contributed by atoms with Crippen LogP contribution in [0.15, 0.2) is 16.3 Å². The first kappa shape index (κ1) is 11.3. The highest BCUT2D eigenvalue weighted by Crippen LogP contribution is 2.38. The van der Waals surface area contributed by atoms with Crippen molar-refractivity contribution in [3.63, 3.8) is 0 Å². The fourth-order valence-corrected chi connectivity index (χ4v) is 1.99. The first-order valence-corrected chi connectivity index (χ1v) is 5.43. The molecular weight excluding hydrogens is 172 g/mol. The van der Waals surface area contributed by atoms with Crippen LogP contribution in [0, 0.1) is 5.41 Å². The van der Waals surface area contributed by atoms with E-state index in [4.69, 9.17) is 5.73 Å². The van der Waals surface area contributed by atoms with Gasteiger partial charge in [0.1, 0.15) is 0 Å². The van der Waals surface area contributed by atoms with Gasteiger partial charge in [0.25, 0.3) is 0 Å². The van der Waals surface area contributed by atoms with E-state index in [0.29, 0.717) is 0 Å². The van der Waals surface area contributed by atoms with Crippen molar-refractivity contribution in [1.29, 1.82) is 0 Å². The molecule has 1 heterocycles. The fraction of sp³-hybridized carbons (Fsp3) is 0.750. The summed E-state index contributed by atoms with van der Waals surface area (Å²) in [6.07, 6.45) is 3.96. The molecule has 1 aliphatic heterocycles. The topological polar surface area (TPSA) is 38.4 Å². The van der Waals surface area contributed by atoms with Gasteiger partial charge in [-0.1, -0.05) is 34.6 Å². The predicted molar refractivity (Wildman–Crippen MR) is 62.5 cm³/mol. The van der Waals surface area contributed by atoms with Crippen molar-refractivity contribution in [2.75, 3.05) is 0 Å². The summed E-state index contributed by atoms with van der Waals surface area (Å²) in [4.78, 5) is 4.61. The fourth-order valence-electron chi connectivity index (χ4n) is 1.99. The van der Waals surface area contributed by atoms with Gasteiger partial charge in [0.15, 0.2) is 0 Å². The van der Waals surface area contributed by atoms with Crippen LogP contribution < -0.4 is 5.73 Å². The zero-order valence-corrected chi connectivity index (χ0v) is 10.0. The van der Waals surface area contributed by atoms with Gasteiger partial charge in [-0.15, -0.1) is 0 Å². The van der Waals surface area contributed by atoms with Crippen LogP contribution in [0.25, 0.3) is 0 Å². The Morgan fingerprint density at radius 2 is 1.79 bits per heavy atom. The Balaban J connectivity index is 3.14. The van der Waals surface area contributed by atoms with Crippen LogP contribution in [0.5, 0.6) is 0 Å². The molecular formula is C12H22N2. The van der Waals surface area contributed by atoms with Crippen molar-refractivity contribution < 1.29 is 0 Å². The molecule has 2 N–H and O–H groups in total. The quantitative estimate of drug-likeness (QED) is 0.721. The standard InChI is InChI=1S/C12H22N2/c1-6-12(7-2)10(13)9(8-14-12)11(3,4)5/h8H,6-7,13H2,1-5H3. The van der Waals surface area contributed by atoms with Crippen molar-refractivity contribution >= 4 is 6.21 Å². The maximum atomic E-state index is 6.22. The van der Waals surface area contributed by atoms with E-state index in [0.717, 1.165) is 18.5 Å². The Morgan fingerprint density at radius 3 is 2.00 bits per heavy atom. The zero-order valence-electron chi connectivity index (χ0n) is 10.0. The monoisotopic (exact) mass is 194 g/mol. The van der Waals surface area contributed by atoms with E-state index in [1.54, 1.807) is 0 Å². The summed E-state index contributed by atoms with van der Waals surface area (Å²) in [5.74, 6) is 0. The van der Waals surface area contributed by atoms with Crippen molar-refractivity contribution in [3.8, 4) is 0 Å². The molecule has 0 unspecified atom stereocenters. The second kappa shape index (κ2) is 3.41. The van der Waals surface area contributed by atoms with Gasteiger partial charge in [-0.25, -0.2) is 0 Å². The average molecular weight is 194 g/mol. The van der Waals surface area contributed by atoms with Crippen LogP contribution in [0.3, 0.4) is 0 Å². The predicted octanol–water partition coefficient (Wildman–Crippen LogP) is 2.89. The molecule has 2 nitrogen and oxygen atoms in total. The lowest BCUT2D eigenvalue weighted by Gasteiger charge is -2.27. The zero-order chi connectivity index (χ0) is 11.0. The smallest absolute Gasteiger partial charge is 0.0996 e. The summed E-state index contributed by atoms with van der Waals surface area (Å²) in [5, 5.41) is 0. The summed E-state index contributed by atoms with van der Waals surface area (Å²) in [7, 11) is 0. The van der Waals surface area contributed by atoms with Crippen molar-refractivity contribution in [2.45, 2.75) is 53.0 Å². The van der Waals surface area contributed by atoms with Crippen LogP contribution in [-0.4, -0.2) is 11.8 Å². The molecule has 2 heteroatoms. The third kappa shape index (κ3) is 1.58. The van der Waals surface area contributed by atoms with Gasteiger partial charge in [-0.05, 0) is 23.8 Å². The molecule has 0 fully saturated rings. The van der Waals surface area contributed by atoms with Gasteiger partial charge in [-0.3, -0.25) is 4.99 Å². The van der Waals surface area contributed by atoms with Gasteiger partial charge < -0.3 is 5.73 Å². The summed E-state index contributed by atoms with van der Waals surface area (Å²) in [6, 6.07) is 0. The number of nitrogens with two attached hydrogens (primary N) is 1. The molecule has 0 saturated carbocycles. The van der Waals surface area contributed by atoms with E-state index in [1.807, 2.05) is 6.21 Å². The molecule has 0 spiro atoms. The SMILES string of the molecule is CCC1(CC)N=CC(C(C)(C)C)=C1N. The first-order valence-electron chi connectivity index (χ1n) is 5.43. The molecule has 0 atom stereocenters. The highest BCUT2D eigenvalue weighted by atomic mass is 14.9. The van der Waals surface area contributed by atoms with Gasteiger partial charge in [0.05, 0.1) is 5.54 Å². The molecule has 0 saturated heterocycles. The lowest BCUT2D eigenvalue weighted by atomic mass is 9.81. The van der Waals surface area contributed by atoms with E-state index >= 15 is 0 Å². The molecule has 0 aromatic carbocycles. The van der Waals surface area contributed by atoms with E-state index in [1.165, 1.54) is 5.57 Å². The summed E-state index contributed by atoms with van der Waals surface area (Å²) in [5.41, 5.74) is 8.41. The van der Waals surface area contributed by atoms with Crippen molar-refractivity contribution in [1.82, 2.24) is 0 Å². The Morgan fingerprint density at radius 1 is 1.29 bits per heavy atom. The number of hydrogen-bond acceptors (Lipinski definition) is 2. The minimum Gasteiger partial charge on any atom is -0.400 e. The molecule has 14 heavy (non-hydrogen) atoms. The van der Waals surface area contributed by atoms with E-state index in [2.05, 4.69) is 39.6 Å². The Labute approximate surface area is 87.3 Å². The van der Waals surface area contributed by atoms with Crippen LogP contribution in [0.2, 0.25) is 0 Å². The first-order chi connectivity index (χ1) is 6.37. The van der Waals surface area contributed by atoms with Crippen molar-refractivity contribution in [2.24, 2.45) is 16.1 Å². The second-order valence-electron chi connectivity index (χ2n) is 5.07. The maximum Gasteiger partial charge on any atom is 0.0996 e. The van der Waals surface area contributed by atoms with Gasteiger partial charge in [0.2, 0.25) is 0 Å². The molecule has 1 aliphatic rings. The molecule has 0 aromatic heterocycles. The van der Waals surface area contributed by atoms with E-state index in [-0.39, 0.29) is 11.0 Å². The number of rotatable bonds is 2. The van der Waals surface area contributed by atoms with Crippen LogP contribution in [0.4, 0.5) is 0 Å². The Bertz CT molecular complexity index is 275. The highest BCUT2D eigenvalue weighted by molar-refractivity contribution is 5.85. The molecule has 0 bridgehead atoms. The Kier molecular flexibility index (Phi) is 2.75. The average Bonchev–Trinajstić information content (AvgIpc) is 2.42. The van der Waals surface area contributed by atoms with E-state index in [9.17, 15) is 0 Å². The van der Waals surface area contributed by atoms with Crippen LogP contribution >= 0.6 is 0 Å².